The van der Waals surface area contributed by atoms with Crippen molar-refractivity contribution in [3.05, 3.63) is 294 Å². The Kier molecular flexibility index (Phi) is 64.2. The van der Waals surface area contributed by atoms with Gasteiger partial charge in [0.25, 0.3) is 0 Å². The summed E-state index contributed by atoms with van der Waals surface area (Å²) in [6.07, 6.45) is 14.0. The fraction of sp³-hybridized carbons (Fsp3) is 0.469. The Morgan fingerprint density at radius 2 is 0.357 bits per heavy atom. The summed E-state index contributed by atoms with van der Waals surface area (Å²) in [6.45, 7) is 76.2. The van der Waals surface area contributed by atoms with Crippen molar-refractivity contribution < 1.29 is 0 Å². The van der Waals surface area contributed by atoms with Gasteiger partial charge < -0.3 is 4.90 Å². The van der Waals surface area contributed by atoms with E-state index in [2.05, 4.69) is 365 Å². The van der Waals surface area contributed by atoms with E-state index in [9.17, 15) is 0 Å². The van der Waals surface area contributed by atoms with Crippen LogP contribution in [0.5, 0.6) is 0 Å². The summed E-state index contributed by atoms with van der Waals surface area (Å²) in [7, 11) is -0.611. The van der Waals surface area contributed by atoms with Gasteiger partial charge in [-0.05, 0) is 252 Å². The Morgan fingerprint density at radius 3 is 0.522 bits per heavy atom. The molecule has 4 bridgehead atoms. The van der Waals surface area contributed by atoms with Gasteiger partial charge in [0.1, 0.15) is 0 Å². The Morgan fingerprint density at radius 1 is 0.217 bits per heavy atom. The normalized spacial score (nSPS) is 16.1. The SMILES string of the molecule is C1C2CC3CC1CC(C2)C3.CC.CC.CC.CC.CC.CC.CC.CC.CC.CC(C)(C)C.CC1CC(C)CC(C)C1.C[Si](C)(C)C.Cc1cc(C)cc(-c2cc(C)cc(C)c2)c1.Cc1cc(C)cc(C)c1.c1ccc(-c2cc(-c3ccccc3)cc(-c3ccccc3)c2)cc1.c1ccc(N(c2ccccc2)c2ccccc2)cc1. The molecule has 10 aromatic carbocycles. The van der Waals surface area contributed by atoms with Crippen LogP contribution >= 0.6 is 0 Å². The fourth-order valence-electron chi connectivity index (χ4n) is 15.0. The predicted octanol–water partition coefficient (Wildman–Crippen LogP) is 38.2. The Labute approximate surface area is 715 Å². The lowest BCUT2D eigenvalue weighted by Crippen LogP contribution is -2.38. The number of para-hydroxylation sites is 3. The lowest BCUT2D eigenvalue weighted by Gasteiger charge is -2.49. The van der Waals surface area contributed by atoms with Crippen LogP contribution in [-0.2, 0) is 0 Å². The molecule has 5 aliphatic carbocycles. The van der Waals surface area contributed by atoms with E-state index in [1.54, 1.807) is 38.5 Å². The third-order valence-corrected chi connectivity index (χ3v) is 17.9. The second kappa shape index (κ2) is 66.3. The summed E-state index contributed by atoms with van der Waals surface area (Å²) in [5, 5.41) is 0. The topological polar surface area (TPSA) is 3.24 Å². The number of nitrogens with zero attached hydrogens (tertiary/aromatic N) is 1. The molecule has 0 N–H and O–H groups in total. The molecule has 115 heavy (non-hydrogen) atoms. The lowest BCUT2D eigenvalue weighted by molar-refractivity contribution is 0.0198. The van der Waals surface area contributed by atoms with E-state index >= 15 is 0 Å². The zero-order chi connectivity index (χ0) is 88.1. The summed E-state index contributed by atoms with van der Waals surface area (Å²) in [5.74, 6) is 7.68. The molecule has 0 heterocycles. The number of aryl methyl sites for hydroxylation is 7. The third-order valence-electron chi connectivity index (χ3n) is 17.9. The van der Waals surface area contributed by atoms with Gasteiger partial charge >= 0.3 is 0 Å². The van der Waals surface area contributed by atoms with Crippen LogP contribution in [0.1, 0.15) is 270 Å². The van der Waals surface area contributed by atoms with Crippen LogP contribution < -0.4 is 4.90 Å². The second-order valence-corrected chi connectivity index (χ2v) is 38.6. The van der Waals surface area contributed by atoms with Crippen LogP contribution in [0.2, 0.25) is 26.2 Å². The summed E-state index contributed by atoms with van der Waals surface area (Å²) in [6, 6.07) is 89.8. The summed E-state index contributed by atoms with van der Waals surface area (Å²) < 4.78 is 0. The summed E-state index contributed by atoms with van der Waals surface area (Å²) in [5.41, 5.74) is 23.5. The molecule has 0 atom stereocenters. The molecule has 0 radical (unpaired) electrons. The minimum atomic E-state index is -0.611. The van der Waals surface area contributed by atoms with Crippen molar-refractivity contribution in [1.82, 2.24) is 0 Å². The molecule has 1 nitrogen and oxygen atoms in total. The molecule has 0 spiro atoms. The van der Waals surface area contributed by atoms with E-state index in [4.69, 9.17) is 0 Å². The molecule has 15 rings (SSSR count). The predicted molar refractivity (Wildman–Crippen MR) is 535 cm³/mol. The highest BCUT2D eigenvalue weighted by atomic mass is 28.3. The number of rotatable bonds is 7. The van der Waals surface area contributed by atoms with E-state index in [0.29, 0.717) is 5.41 Å². The largest absolute Gasteiger partial charge is 0.311 e. The van der Waals surface area contributed by atoms with Gasteiger partial charge in [-0.2, -0.15) is 0 Å². The van der Waals surface area contributed by atoms with Crippen LogP contribution in [0.25, 0.3) is 44.5 Å². The standard InChI is InChI=1S/C24H18.C18H15N.C16H18.C10H16.C9H18.C9H12.C5H12.C4H12Si.9C2H6/c1-4-10-19(11-5-1)22-16-23(20-12-6-2-7-13-20)18-24(17-22)21-14-8-3-9-15-21;1-4-10-16(11-5-1)19(17-12-6-2-7-13-17)18-14-8-3-9-15-18;1-11-5-12(2)8-15(7-11)16-9-13(3)6-14(4)10-16;1-7-2-9-4-8(1)5-10(3-7)6-9;2*1-7-4-8(2)6-9(3)5-7;2*1-5(2,3)4;9*1-2/h1-18H;1-15H;5-10H,1-4H3;7-10H,1-6H2;7-9H,4-6H2,1-3H3;4-6H,1-3H3;2*1-4H3;9*1-2H3. The summed E-state index contributed by atoms with van der Waals surface area (Å²) >= 11 is 0. The van der Waals surface area contributed by atoms with Gasteiger partial charge in [0.05, 0.1) is 0 Å². The Hall–Kier alpha value is -7.78. The molecular weight excluding hydrogens is 1400 g/mol. The number of hydrogen-bond donors (Lipinski definition) is 0. The van der Waals surface area contributed by atoms with Crippen molar-refractivity contribution in [3.63, 3.8) is 0 Å². The minimum Gasteiger partial charge on any atom is -0.311 e. The Balaban J connectivity index is -0.00000126. The van der Waals surface area contributed by atoms with E-state index in [-0.39, 0.29) is 0 Å². The molecule has 0 aromatic heterocycles. The first-order valence-corrected chi connectivity index (χ1v) is 49.6. The van der Waals surface area contributed by atoms with Crippen molar-refractivity contribution >= 4 is 25.1 Å². The molecule has 5 fully saturated rings. The van der Waals surface area contributed by atoms with Crippen molar-refractivity contribution in [1.29, 1.82) is 0 Å². The van der Waals surface area contributed by atoms with Gasteiger partial charge in [-0.3, -0.25) is 0 Å². The van der Waals surface area contributed by atoms with Gasteiger partial charge in [0.2, 0.25) is 0 Å². The van der Waals surface area contributed by atoms with Crippen LogP contribution in [0.4, 0.5) is 17.1 Å². The van der Waals surface area contributed by atoms with Gasteiger partial charge in [-0.15, -0.1) is 0 Å². The van der Waals surface area contributed by atoms with Crippen LogP contribution in [-0.4, -0.2) is 8.07 Å². The van der Waals surface area contributed by atoms with Crippen molar-refractivity contribution in [3.8, 4) is 44.5 Å². The van der Waals surface area contributed by atoms with Crippen LogP contribution in [0.15, 0.2) is 255 Å². The third kappa shape index (κ3) is 49.8. The lowest BCUT2D eigenvalue weighted by atomic mass is 9.56. The summed E-state index contributed by atoms with van der Waals surface area (Å²) in [4.78, 5) is 2.25. The van der Waals surface area contributed by atoms with E-state index in [1.165, 1.54) is 143 Å². The Bertz CT molecular complexity index is 3380. The van der Waals surface area contributed by atoms with Crippen LogP contribution in [0.3, 0.4) is 0 Å². The first-order valence-electron chi connectivity index (χ1n) is 45.6. The maximum absolute atomic E-state index is 2.38. The highest BCUT2D eigenvalue weighted by molar-refractivity contribution is 6.74. The average Bonchev–Trinajstić information content (AvgIpc) is 0.803. The average molecular weight is 1580 g/mol. The van der Waals surface area contributed by atoms with Gasteiger partial charge in [-0.25, -0.2) is 0 Å². The zero-order valence-corrected chi connectivity index (χ0v) is 82.1. The number of hydrogen-bond acceptors (Lipinski definition) is 1. The fourth-order valence-corrected chi connectivity index (χ4v) is 15.0. The highest BCUT2D eigenvalue weighted by Crippen LogP contribution is 2.53. The van der Waals surface area contributed by atoms with Gasteiger partial charge in [0.15, 0.2) is 0 Å². The highest BCUT2D eigenvalue weighted by Gasteiger charge is 2.41. The molecule has 0 unspecified atom stereocenters. The number of anilines is 3. The maximum atomic E-state index is 2.38. The van der Waals surface area contributed by atoms with Crippen LogP contribution in [0, 0.1) is 95.3 Å². The smallest absolute Gasteiger partial charge is 0.0461 e. The molecule has 5 aliphatic rings. The van der Waals surface area contributed by atoms with Gasteiger partial charge in [-0.1, -0.05) is 438 Å². The van der Waals surface area contributed by atoms with Gasteiger partial charge in [0, 0.05) is 25.1 Å². The monoisotopic (exact) mass is 1570 g/mol. The molecule has 5 saturated carbocycles. The first-order chi connectivity index (χ1) is 55.2. The van der Waals surface area contributed by atoms with E-state index < -0.39 is 8.07 Å². The molecule has 636 valence electrons. The minimum absolute atomic E-state index is 0.500. The molecular formula is C113H175NSi. The molecule has 2 heteroatoms. The second-order valence-electron chi connectivity index (χ2n) is 32.6. The first kappa shape index (κ1) is 111. The molecule has 10 aromatic rings. The molecule has 0 saturated heterocycles. The van der Waals surface area contributed by atoms with E-state index in [1.807, 2.05) is 143 Å². The molecule has 0 amide bonds. The molecule has 0 aliphatic heterocycles. The van der Waals surface area contributed by atoms with Crippen molar-refractivity contribution in [2.75, 3.05) is 4.90 Å². The van der Waals surface area contributed by atoms with Crippen molar-refractivity contribution in [2.24, 2.45) is 46.8 Å². The quantitative estimate of drug-likeness (QED) is 0.144. The van der Waals surface area contributed by atoms with Crippen molar-refractivity contribution in [2.45, 2.75) is 306 Å². The number of benzene rings is 10. The maximum Gasteiger partial charge on any atom is 0.0461 e. The van der Waals surface area contributed by atoms with E-state index in [0.717, 1.165) is 17.8 Å². The zero-order valence-electron chi connectivity index (χ0n) is 81.1.